The number of aliphatic hydroxyl groups is 1. The Labute approximate surface area is 131 Å². The molecule has 1 heterocycles. The molecule has 22 heavy (non-hydrogen) atoms. The Morgan fingerprint density at radius 2 is 1.86 bits per heavy atom. The molecule has 1 amide bonds. The molecular formula is C18H24N2O2. The van der Waals surface area contributed by atoms with E-state index in [1.165, 1.54) is 11.1 Å². The summed E-state index contributed by atoms with van der Waals surface area (Å²) in [5.74, 6) is 0.385. The normalized spacial score (nSPS) is 12.4. The summed E-state index contributed by atoms with van der Waals surface area (Å²) < 4.78 is 0. The first-order valence-electron chi connectivity index (χ1n) is 7.70. The zero-order chi connectivity index (χ0) is 16.1. The predicted molar refractivity (Wildman–Crippen MR) is 88.0 cm³/mol. The van der Waals surface area contributed by atoms with Gasteiger partial charge >= 0.3 is 0 Å². The third kappa shape index (κ3) is 4.21. The van der Waals surface area contributed by atoms with Crippen LogP contribution >= 0.6 is 0 Å². The molecule has 4 heteroatoms. The lowest BCUT2D eigenvalue weighted by atomic mass is 10.0. The number of aliphatic hydroxyl groups excluding tert-OH is 1. The maximum atomic E-state index is 12.0. The Hall–Kier alpha value is -2.07. The zero-order valence-electron chi connectivity index (χ0n) is 13.4. The van der Waals surface area contributed by atoms with Crippen molar-refractivity contribution in [2.24, 2.45) is 0 Å². The van der Waals surface area contributed by atoms with Crippen LogP contribution in [0.5, 0.6) is 0 Å². The van der Waals surface area contributed by atoms with Crippen LogP contribution in [-0.2, 0) is 6.42 Å². The van der Waals surface area contributed by atoms with E-state index in [9.17, 15) is 9.90 Å². The smallest absolute Gasteiger partial charge is 0.267 e. The Bertz CT molecular complexity index is 612. The van der Waals surface area contributed by atoms with Gasteiger partial charge in [-0.25, -0.2) is 0 Å². The first-order chi connectivity index (χ1) is 10.5. The van der Waals surface area contributed by atoms with Crippen molar-refractivity contribution in [1.29, 1.82) is 0 Å². The zero-order valence-corrected chi connectivity index (χ0v) is 13.4. The van der Waals surface area contributed by atoms with Crippen LogP contribution in [0.4, 0.5) is 0 Å². The second kappa shape index (κ2) is 7.27. The van der Waals surface area contributed by atoms with E-state index >= 15 is 0 Å². The molecule has 2 rings (SSSR count). The van der Waals surface area contributed by atoms with Crippen LogP contribution in [-0.4, -0.2) is 22.5 Å². The highest BCUT2D eigenvalue weighted by Gasteiger charge is 2.10. The maximum Gasteiger partial charge on any atom is 0.267 e. The Kier molecular flexibility index (Phi) is 5.39. The summed E-state index contributed by atoms with van der Waals surface area (Å²) in [6.07, 6.45) is 1.88. The van der Waals surface area contributed by atoms with Crippen molar-refractivity contribution < 1.29 is 9.90 Å². The first kappa shape index (κ1) is 16.3. The number of amides is 1. The molecule has 4 nitrogen and oxygen atoms in total. The standard InChI is InChI=1S/C18H24N2O2/c1-12(2)15-6-4-14(5-7-15)8-9-19-18(22)17-10-16(11-20-17)13(3)21/h4-7,10-13,20-21H,8-9H2,1-3H3,(H,19,22)/t13-/m0/s1. The lowest BCUT2D eigenvalue weighted by Crippen LogP contribution is -2.25. The molecule has 0 spiro atoms. The molecule has 118 valence electrons. The van der Waals surface area contributed by atoms with E-state index in [2.05, 4.69) is 48.4 Å². The van der Waals surface area contributed by atoms with E-state index in [4.69, 9.17) is 0 Å². The average Bonchev–Trinajstić information content (AvgIpc) is 2.98. The number of rotatable bonds is 6. The fourth-order valence-electron chi connectivity index (χ4n) is 2.27. The average molecular weight is 300 g/mol. The minimum absolute atomic E-state index is 0.147. The molecule has 2 aromatic rings. The number of aromatic amines is 1. The molecule has 0 saturated heterocycles. The highest BCUT2D eigenvalue weighted by Crippen LogP contribution is 2.15. The van der Waals surface area contributed by atoms with Crippen LogP contribution < -0.4 is 5.32 Å². The molecule has 1 aromatic heterocycles. The van der Waals surface area contributed by atoms with E-state index in [1.807, 2.05) is 0 Å². The van der Waals surface area contributed by atoms with Gasteiger partial charge in [0.2, 0.25) is 0 Å². The molecule has 0 aliphatic rings. The van der Waals surface area contributed by atoms with Crippen molar-refractivity contribution in [3.05, 3.63) is 58.9 Å². The van der Waals surface area contributed by atoms with E-state index in [-0.39, 0.29) is 5.91 Å². The van der Waals surface area contributed by atoms with E-state index in [0.717, 1.165) is 12.0 Å². The number of carbonyl (C=O) groups is 1. The Morgan fingerprint density at radius 3 is 2.41 bits per heavy atom. The van der Waals surface area contributed by atoms with Crippen molar-refractivity contribution in [2.45, 2.75) is 39.2 Å². The van der Waals surface area contributed by atoms with Gasteiger partial charge in [0, 0.05) is 12.7 Å². The number of benzene rings is 1. The second-order valence-electron chi connectivity index (χ2n) is 5.92. The molecule has 0 bridgehead atoms. The first-order valence-corrected chi connectivity index (χ1v) is 7.70. The summed E-state index contributed by atoms with van der Waals surface area (Å²) in [5, 5.41) is 12.3. The van der Waals surface area contributed by atoms with Gasteiger partial charge < -0.3 is 15.4 Å². The highest BCUT2D eigenvalue weighted by atomic mass is 16.3. The molecule has 0 unspecified atom stereocenters. The largest absolute Gasteiger partial charge is 0.389 e. The van der Waals surface area contributed by atoms with Gasteiger partial charge in [0.15, 0.2) is 0 Å². The van der Waals surface area contributed by atoms with Gasteiger partial charge in [-0.1, -0.05) is 38.1 Å². The lowest BCUT2D eigenvalue weighted by Gasteiger charge is -2.07. The van der Waals surface area contributed by atoms with Gasteiger partial charge in [-0.3, -0.25) is 4.79 Å². The van der Waals surface area contributed by atoms with Crippen LogP contribution in [0.3, 0.4) is 0 Å². The van der Waals surface area contributed by atoms with Crippen LogP contribution in [0.2, 0.25) is 0 Å². The molecule has 0 aliphatic heterocycles. The van der Waals surface area contributed by atoms with Crippen molar-refractivity contribution in [3.8, 4) is 0 Å². The number of hydrogen-bond donors (Lipinski definition) is 3. The quantitative estimate of drug-likeness (QED) is 0.767. The van der Waals surface area contributed by atoms with Gasteiger partial charge in [-0.05, 0) is 42.0 Å². The Morgan fingerprint density at radius 1 is 1.18 bits per heavy atom. The molecule has 3 N–H and O–H groups in total. The summed E-state index contributed by atoms with van der Waals surface area (Å²) >= 11 is 0. The van der Waals surface area contributed by atoms with Gasteiger partial charge in [0.25, 0.3) is 5.91 Å². The number of hydrogen-bond acceptors (Lipinski definition) is 2. The molecule has 0 radical (unpaired) electrons. The molecule has 0 aliphatic carbocycles. The van der Waals surface area contributed by atoms with Gasteiger partial charge in [-0.15, -0.1) is 0 Å². The van der Waals surface area contributed by atoms with Crippen molar-refractivity contribution in [2.75, 3.05) is 6.54 Å². The van der Waals surface area contributed by atoms with E-state index < -0.39 is 6.10 Å². The molecule has 0 saturated carbocycles. The molecule has 1 atom stereocenters. The van der Waals surface area contributed by atoms with Gasteiger partial charge in [0.05, 0.1) is 6.10 Å². The number of carbonyl (C=O) groups excluding carboxylic acids is 1. The second-order valence-corrected chi connectivity index (χ2v) is 5.92. The van der Waals surface area contributed by atoms with Crippen LogP contribution in [0, 0.1) is 0 Å². The summed E-state index contributed by atoms with van der Waals surface area (Å²) in [6.45, 7) is 6.61. The van der Waals surface area contributed by atoms with Gasteiger partial charge in [-0.2, -0.15) is 0 Å². The Balaban J connectivity index is 1.83. The third-order valence-corrected chi connectivity index (χ3v) is 3.78. The van der Waals surface area contributed by atoms with Gasteiger partial charge in [0.1, 0.15) is 5.69 Å². The summed E-state index contributed by atoms with van der Waals surface area (Å²) in [7, 11) is 0. The lowest BCUT2D eigenvalue weighted by molar-refractivity contribution is 0.0949. The highest BCUT2D eigenvalue weighted by molar-refractivity contribution is 5.92. The molecule has 0 fully saturated rings. The SMILES string of the molecule is CC(C)c1ccc(CCNC(=O)c2cc([C@H](C)O)c[nH]2)cc1. The summed E-state index contributed by atoms with van der Waals surface area (Å²) in [4.78, 5) is 14.9. The number of nitrogens with one attached hydrogen (secondary N) is 2. The van der Waals surface area contributed by atoms with E-state index in [0.29, 0.717) is 18.2 Å². The van der Waals surface area contributed by atoms with Crippen LogP contribution in [0.15, 0.2) is 36.5 Å². The molecule has 1 aromatic carbocycles. The van der Waals surface area contributed by atoms with Crippen molar-refractivity contribution in [1.82, 2.24) is 10.3 Å². The summed E-state index contributed by atoms with van der Waals surface area (Å²) in [5.41, 5.74) is 3.73. The van der Waals surface area contributed by atoms with E-state index in [1.54, 1.807) is 19.2 Å². The monoisotopic (exact) mass is 300 g/mol. The number of aromatic nitrogens is 1. The fraction of sp³-hybridized carbons (Fsp3) is 0.389. The third-order valence-electron chi connectivity index (χ3n) is 3.78. The molecular weight excluding hydrogens is 276 g/mol. The predicted octanol–water partition coefficient (Wildman–Crippen LogP) is 3.16. The van der Waals surface area contributed by atoms with Crippen molar-refractivity contribution in [3.63, 3.8) is 0 Å². The van der Waals surface area contributed by atoms with Crippen molar-refractivity contribution >= 4 is 5.91 Å². The number of H-pyrrole nitrogens is 1. The minimum atomic E-state index is -0.572. The van der Waals surface area contributed by atoms with Crippen LogP contribution in [0.1, 0.15) is 60.0 Å². The maximum absolute atomic E-state index is 12.0. The topological polar surface area (TPSA) is 65.1 Å². The minimum Gasteiger partial charge on any atom is -0.389 e. The fourth-order valence-corrected chi connectivity index (χ4v) is 2.27. The van der Waals surface area contributed by atoms with Crippen LogP contribution in [0.25, 0.3) is 0 Å². The summed E-state index contributed by atoms with van der Waals surface area (Å²) in [6, 6.07) is 10.2.